The third kappa shape index (κ3) is 2.84. The summed E-state index contributed by atoms with van der Waals surface area (Å²) in [7, 11) is 0. The normalized spacial score (nSPS) is 16.6. The molecule has 1 aromatic heterocycles. The first-order valence-corrected chi connectivity index (χ1v) is 6.50. The second-order valence-electron chi connectivity index (χ2n) is 4.27. The number of nitrogen functional groups attached to an aromatic ring is 1. The predicted octanol–water partition coefficient (Wildman–Crippen LogP) is 1.66. The zero-order valence-electron chi connectivity index (χ0n) is 9.77. The van der Waals surface area contributed by atoms with Crippen molar-refractivity contribution >= 4 is 33.4 Å². The quantitative estimate of drug-likeness (QED) is 0.772. The minimum absolute atomic E-state index is 0.0283. The summed E-state index contributed by atoms with van der Waals surface area (Å²) in [6.07, 6.45) is 3.94. The van der Waals surface area contributed by atoms with E-state index in [1.807, 2.05) is 0 Å². The van der Waals surface area contributed by atoms with Gasteiger partial charge in [0.2, 0.25) is 0 Å². The Kier molecular flexibility index (Phi) is 3.90. The lowest BCUT2D eigenvalue weighted by Crippen LogP contribution is -2.44. The number of nitrogens with one attached hydrogen (secondary N) is 1. The zero-order valence-corrected chi connectivity index (χ0v) is 11.4. The van der Waals surface area contributed by atoms with Crippen LogP contribution in [0.25, 0.3) is 0 Å². The Morgan fingerprint density at radius 3 is 2.72 bits per heavy atom. The van der Waals surface area contributed by atoms with Gasteiger partial charge in [-0.15, -0.1) is 0 Å². The second kappa shape index (κ2) is 5.43. The molecule has 0 spiro atoms. The van der Waals surface area contributed by atoms with Gasteiger partial charge in [0, 0.05) is 25.3 Å². The number of carboxylic acid groups (broad SMARTS) is 1. The Balaban J connectivity index is 2.03. The van der Waals surface area contributed by atoms with E-state index in [1.165, 1.54) is 0 Å². The van der Waals surface area contributed by atoms with Crippen molar-refractivity contribution in [1.82, 2.24) is 10.3 Å². The molecule has 18 heavy (non-hydrogen) atoms. The lowest BCUT2D eigenvalue weighted by atomic mass is 10.0. The molecule has 0 atom stereocenters. The summed E-state index contributed by atoms with van der Waals surface area (Å²) in [5, 5.41) is 11.2. The molecule has 7 heteroatoms. The third-order valence-corrected chi connectivity index (χ3v) is 3.62. The molecule has 0 unspecified atom stereocenters. The maximum absolute atomic E-state index is 10.6. The highest BCUT2D eigenvalue weighted by Gasteiger charge is 2.23. The molecular weight excluding hydrogens is 300 g/mol. The van der Waals surface area contributed by atoms with Gasteiger partial charge in [0.25, 0.3) is 0 Å². The van der Waals surface area contributed by atoms with Gasteiger partial charge in [0.1, 0.15) is 0 Å². The van der Waals surface area contributed by atoms with Crippen LogP contribution in [-0.4, -0.2) is 35.3 Å². The topological polar surface area (TPSA) is 91.5 Å². The van der Waals surface area contributed by atoms with E-state index in [1.54, 1.807) is 12.4 Å². The number of rotatable bonds is 2. The van der Waals surface area contributed by atoms with Crippen LogP contribution in [0.1, 0.15) is 12.8 Å². The van der Waals surface area contributed by atoms with Crippen LogP contribution in [0.4, 0.5) is 16.2 Å². The van der Waals surface area contributed by atoms with Crippen LogP contribution in [0.15, 0.2) is 16.9 Å². The van der Waals surface area contributed by atoms with Crippen LogP contribution in [0.5, 0.6) is 0 Å². The largest absolute Gasteiger partial charge is 0.465 e. The lowest BCUT2D eigenvalue weighted by Gasteiger charge is -2.34. The highest BCUT2D eigenvalue weighted by atomic mass is 79.9. The third-order valence-electron chi connectivity index (χ3n) is 3.04. The average Bonchev–Trinajstić information content (AvgIpc) is 2.30. The van der Waals surface area contributed by atoms with Crippen LogP contribution < -0.4 is 16.0 Å². The van der Waals surface area contributed by atoms with Gasteiger partial charge in [-0.2, -0.15) is 0 Å². The molecule has 6 nitrogen and oxygen atoms in total. The van der Waals surface area contributed by atoms with Crippen molar-refractivity contribution in [3.05, 3.63) is 16.9 Å². The Hall–Kier alpha value is -1.50. The molecule has 1 aromatic rings. The first-order valence-electron chi connectivity index (χ1n) is 5.71. The van der Waals surface area contributed by atoms with Crippen molar-refractivity contribution < 1.29 is 9.90 Å². The molecule has 0 saturated carbocycles. The fraction of sp³-hybridized carbons (Fsp3) is 0.455. The smallest absolute Gasteiger partial charge is 0.404 e. The summed E-state index contributed by atoms with van der Waals surface area (Å²) >= 11 is 3.44. The van der Waals surface area contributed by atoms with Crippen LogP contribution in [-0.2, 0) is 0 Å². The number of piperidine rings is 1. The number of nitrogens with two attached hydrogens (primary N) is 1. The van der Waals surface area contributed by atoms with Crippen molar-refractivity contribution in [2.75, 3.05) is 23.7 Å². The van der Waals surface area contributed by atoms with Gasteiger partial charge in [-0.25, -0.2) is 4.79 Å². The number of nitrogens with zero attached hydrogens (tertiary/aromatic N) is 2. The maximum atomic E-state index is 10.6. The summed E-state index contributed by atoms with van der Waals surface area (Å²) < 4.78 is 0.868. The Morgan fingerprint density at radius 1 is 1.50 bits per heavy atom. The summed E-state index contributed by atoms with van der Waals surface area (Å²) in [6, 6.07) is 0.0283. The summed E-state index contributed by atoms with van der Waals surface area (Å²) in [5.74, 6) is 0. The van der Waals surface area contributed by atoms with E-state index < -0.39 is 6.09 Å². The van der Waals surface area contributed by atoms with Gasteiger partial charge < -0.3 is 21.1 Å². The SMILES string of the molecule is Nc1cncc(Br)c1N1CCC(NC(=O)O)CC1. The molecule has 1 aliphatic rings. The first kappa shape index (κ1) is 12.9. The van der Waals surface area contributed by atoms with Crippen molar-refractivity contribution in [3.8, 4) is 0 Å². The molecule has 0 aliphatic carbocycles. The van der Waals surface area contributed by atoms with Crippen LogP contribution in [0.3, 0.4) is 0 Å². The molecule has 1 amide bonds. The number of anilines is 2. The zero-order chi connectivity index (χ0) is 13.1. The van der Waals surface area contributed by atoms with E-state index in [0.717, 1.165) is 36.1 Å². The molecule has 4 N–H and O–H groups in total. The molecule has 2 rings (SSSR count). The van der Waals surface area contributed by atoms with E-state index in [0.29, 0.717) is 5.69 Å². The summed E-state index contributed by atoms with van der Waals surface area (Å²) in [4.78, 5) is 16.7. The monoisotopic (exact) mass is 314 g/mol. The van der Waals surface area contributed by atoms with E-state index >= 15 is 0 Å². The fourth-order valence-electron chi connectivity index (χ4n) is 2.20. The van der Waals surface area contributed by atoms with E-state index in [2.05, 4.69) is 31.1 Å². The molecule has 1 saturated heterocycles. The molecule has 2 heterocycles. The van der Waals surface area contributed by atoms with E-state index in [4.69, 9.17) is 10.8 Å². The number of amides is 1. The van der Waals surface area contributed by atoms with Crippen LogP contribution in [0, 0.1) is 0 Å². The van der Waals surface area contributed by atoms with Crippen molar-refractivity contribution in [3.63, 3.8) is 0 Å². The Morgan fingerprint density at radius 2 is 2.17 bits per heavy atom. The highest BCUT2D eigenvalue weighted by molar-refractivity contribution is 9.10. The maximum Gasteiger partial charge on any atom is 0.404 e. The van der Waals surface area contributed by atoms with Gasteiger partial charge in [-0.05, 0) is 28.8 Å². The molecule has 0 radical (unpaired) electrons. The van der Waals surface area contributed by atoms with E-state index in [9.17, 15) is 4.79 Å². The van der Waals surface area contributed by atoms with Gasteiger partial charge in [-0.1, -0.05) is 0 Å². The number of aromatic nitrogens is 1. The van der Waals surface area contributed by atoms with Gasteiger partial charge in [0.05, 0.1) is 22.0 Å². The van der Waals surface area contributed by atoms with Crippen molar-refractivity contribution in [2.45, 2.75) is 18.9 Å². The second-order valence-corrected chi connectivity index (χ2v) is 5.12. The predicted molar refractivity (Wildman–Crippen MR) is 72.7 cm³/mol. The number of pyridine rings is 1. The highest BCUT2D eigenvalue weighted by Crippen LogP contribution is 2.32. The van der Waals surface area contributed by atoms with Gasteiger partial charge >= 0.3 is 6.09 Å². The molecule has 1 fully saturated rings. The summed E-state index contributed by atoms with van der Waals surface area (Å²) in [5.41, 5.74) is 7.50. The molecular formula is C11H15BrN4O2. The van der Waals surface area contributed by atoms with Gasteiger partial charge in [0.15, 0.2) is 0 Å². The number of hydrogen-bond donors (Lipinski definition) is 3. The minimum atomic E-state index is -0.960. The average molecular weight is 315 g/mol. The van der Waals surface area contributed by atoms with Gasteiger partial charge in [-0.3, -0.25) is 4.98 Å². The van der Waals surface area contributed by atoms with Crippen LogP contribution in [0.2, 0.25) is 0 Å². The van der Waals surface area contributed by atoms with Crippen molar-refractivity contribution in [1.29, 1.82) is 0 Å². The first-order chi connectivity index (χ1) is 8.58. The summed E-state index contributed by atoms with van der Waals surface area (Å²) in [6.45, 7) is 1.55. The Bertz CT molecular complexity index is 426. The molecule has 0 bridgehead atoms. The van der Waals surface area contributed by atoms with E-state index in [-0.39, 0.29) is 6.04 Å². The molecule has 0 aromatic carbocycles. The van der Waals surface area contributed by atoms with Crippen molar-refractivity contribution in [2.24, 2.45) is 0 Å². The fourth-order valence-corrected chi connectivity index (χ4v) is 2.80. The standard InChI is InChI=1S/C11H15BrN4O2/c12-8-5-14-6-9(13)10(8)16-3-1-7(2-4-16)15-11(17)18/h5-7,15H,1-4,13H2,(H,17,18). The number of halogens is 1. The number of carbonyl (C=O) groups is 1. The number of hydrogen-bond acceptors (Lipinski definition) is 4. The minimum Gasteiger partial charge on any atom is -0.465 e. The lowest BCUT2D eigenvalue weighted by molar-refractivity contribution is 0.187. The molecule has 1 aliphatic heterocycles. The Labute approximate surface area is 113 Å². The van der Waals surface area contributed by atoms with Crippen LogP contribution >= 0.6 is 15.9 Å². The molecule has 98 valence electrons.